The molecule has 0 amide bonds. The van der Waals surface area contributed by atoms with Crippen LogP contribution in [0.2, 0.25) is 0 Å². The van der Waals surface area contributed by atoms with Crippen LogP contribution in [0.3, 0.4) is 0 Å². The molecule has 0 spiro atoms. The van der Waals surface area contributed by atoms with Gasteiger partial charge in [0.2, 0.25) is 5.88 Å². The van der Waals surface area contributed by atoms with E-state index in [1.807, 2.05) is 24.3 Å². The summed E-state index contributed by atoms with van der Waals surface area (Å²) >= 11 is 2.26. The minimum atomic E-state index is 0.641. The Morgan fingerprint density at radius 3 is 2.70 bits per heavy atom. The Balaban J connectivity index is 2.35. The Hall–Kier alpha value is -1.37. The van der Waals surface area contributed by atoms with Crippen LogP contribution in [0, 0.1) is 3.57 Å². The van der Waals surface area contributed by atoms with Crippen molar-refractivity contribution in [2.24, 2.45) is 0 Å². The van der Waals surface area contributed by atoms with Gasteiger partial charge in [-0.15, -0.1) is 0 Å². The topological polar surface area (TPSA) is 47.0 Å². The standard InChI is InChI=1S/C15H18IN3O/c1-3-7-11-14(17-4-2)18-10-19-15(11)20-13-9-6-5-8-12(13)16/h5-6,8-10H,3-4,7H2,1-2H3,(H,17,18,19). The van der Waals surface area contributed by atoms with Crippen molar-refractivity contribution in [2.75, 3.05) is 11.9 Å². The first-order valence-electron chi connectivity index (χ1n) is 6.76. The SMILES string of the molecule is CCCc1c(NCC)ncnc1Oc1ccccc1I. The minimum Gasteiger partial charge on any atom is -0.437 e. The van der Waals surface area contributed by atoms with Crippen LogP contribution in [-0.4, -0.2) is 16.5 Å². The smallest absolute Gasteiger partial charge is 0.227 e. The van der Waals surface area contributed by atoms with E-state index in [1.165, 1.54) is 0 Å². The number of halogens is 1. The highest BCUT2D eigenvalue weighted by Gasteiger charge is 2.13. The van der Waals surface area contributed by atoms with Crippen LogP contribution in [0.4, 0.5) is 5.82 Å². The number of aromatic nitrogens is 2. The molecular weight excluding hydrogens is 365 g/mol. The van der Waals surface area contributed by atoms with E-state index in [0.29, 0.717) is 5.88 Å². The molecule has 0 radical (unpaired) electrons. The normalized spacial score (nSPS) is 10.3. The highest BCUT2D eigenvalue weighted by atomic mass is 127. The van der Waals surface area contributed by atoms with E-state index < -0.39 is 0 Å². The molecule has 0 aliphatic heterocycles. The van der Waals surface area contributed by atoms with Gasteiger partial charge in [-0.05, 0) is 48.1 Å². The zero-order valence-electron chi connectivity index (χ0n) is 11.7. The van der Waals surface area contributed by atoms with E-state index in [9.17, 15) is 0 Å². The summed E-state index contributed by atoms with van der Waals surface area (Å²) in [6.45, 7) is 5.02. The van der Waals surface area contributed by atoms with Gasteiger partial charge >= 0.3 is 0 Å². The van der Waals surface area contributed by atoms with E-state index in [0.717, 1.165) is 40.1 Å². The summed E-state index contributed by atoms with van der Waals surface area (Å²) in [4.78, 5) is 8.61. The van der Waals surface area contributed by atoms with Gasteiger partial charge in [-0.2, -0.15) is 0 Å². The highest BCUT2D eigenvalue weighted by molar-refractivity contribution is 14.1. The number of ether oxygens (including phenoxy) is 1. The summed E-state index contributed by atoms with van der Waals surface area (Å²) < 4.78 is 7.05. The highest BCUT2D eigenvalue weighted by Crippen LogP contribution is 2.30. The van der Waals surface area contributed by atoms with Gasteiger partial charge in [0.15, 0.2) is 0 Å². The lowest BCUT2D eigenvalue weighted by atomic mass is 10.1. The molecule has 0 saturated carbocycles. The van der Waals surface area contributed by atoms with Crippen LogP contribution < -0.4 is 10.1 Å². The number of rotatable bonds is 6. The van der Waals surface area contributed by atoms with Gasteiger partial charge in [-0.1, -0.05) is 25.5 Å². The van der Waals surface area contributed by atoms with Gasteiger partial charge < -0.3 is 10.1 Å². The number of hydrogen-bond acceptors (Lipinski definition) is 4. The van der Waals surface area contributed by atoms with Crippen LogP contribution in [0.25, 0.3) is 0 Å². The van der Waals surface area contributed by atoms with Gasteiger partial charge in [0.1, 0.15) is 17.9 Å². The summed E-state index contributed by atoms with van der Waals surface area (Å²) in [6, 6.07) is 7.92. The molecule has 4 nitrogen and oxygen atoms in total. The van der Waals surface area contributed by atoms with E-state index >= 15 is 0 Å². The lowest BCUT2D eigenvalue weighted by Crippen LogP contribution is -2.06. The maximum atomic E-state index is 5.98. The van der Waals surface area contributed by atoms with E-state index in [2.05, 4.69) is 51.7 Å². The van der Waals surface area contributed by atoms with Crippen molar-refractivity contribution in [3.8, 4) is 11.6 Å². The van der Waals surface area contributed by atoms with Crippen molar-refractivity contribution in [3.05, 3.63) is 39.7 Å². The molecule has 20 heavy (non-hydrogen) atoms. The van der Waals surface area contributed by atoms with Crippen LogP contribution in [0.15, 0.2) is 30.6 Å². The summed E-state index contributed by atoms with van der Waals surface area (Å²) in [5.74, 6) is 2.33. The van der Waals surface area contributed by atoms with Gasteiger partial charge in [-0.3, -0.25) is 0 Å². The third kappa shape index (κ3) is 3.59. The molecule has 0 atom stereocenters. The molecule has 0 aliphatic carbocycles. The molecule has 0 saturated heterocycles. The maximum absolute atomic E-state index is 5.98. The fourth-order valence-corrected chi connectivity index (χ4v) is 2.41. The van der Waals surface area contributed by atoms with Gasteiger partial charge in [0, 0.05) is 6.54 Å². The van der Waals surface area contributed by atoms with Crippen molar-refractivity contribution in [1.82, 2.24) is 9.97 Å². The monoisotopic (exact) mass is 383 g/mol. The third-order valence-corrected chi connectivity index (χ3v) is 3.68. The molecule has 0 aliphatic rings. The number of anilines is 1. The van der Waals surface area contributed by atoms with Crippen LogP contribution in [0.1, 0.15) is 25.8 Å². The van der Waals surface area contributed by atoms with Crippen LogP contribution in [-0.2, 0) is 6.42 Å². The molecule has 2 aromatic rings. The van der Waals surface area contributed by atoms with Crippen LogP contribution >= 0.6 is 22.6 Å². The van der Waals surface area contributed by atoms with Crippen molar-refractivity contribution in [2.45, 2.75) is 26.7 Å². The number of nitrogens with one attached hydrogen (secondary N) is 1. The van der Waals surface area contributed by atoms with Gasteiger partial charge in [0.05, 0.1) is 9.13 Å². The second-order valence-corrected chi connectivity index (χ2v) is 5.48. The zero-order chi connectivity index (χ0) is 14.4. The molecule has 5 heteroatoms. The number of nitrogens with zero attached hydrogens (tertiary/aromatic N) is 2. The average Bonchev–Trinajstić information content (AvgIpc) is 2.45. The molecule has 1 aromatic carbocycles. The largest absolute Gasteiger partial charge is 0.437 e. The van der Waals surface area contributed by atoms with Gasteiger partial charge in [-0.25, -0.2) is 9.97 Å². The quantitative estimate of drug-likeness (QED) is 0.758. The summed E-state index contributed by atoms with van der Waals surface area (Å²) in [5.41, 5.74) is 1.04. The number of benzene rings is 1. The predicted octanol–water partition coefficient (Wildman–Crippen LogP) is 4.26. The van der Waals surface area contributed by atoms with Crippen molar-refractivity contribution >= 4 is 28.4 Å². The van der Waals surface area contributed by atoms with Crippen molar-refractivity contribution < 1.29 is 4.74 Å². The number of para-hydroxylation sites is 1. The molecule has 106 valence electrons. The first-order chi connectivity index (χ1) is 9.76. The molecule has 0 unspecified atom stereocenters. The Morgan fingerprint density at radius 2 is 2.00 bits per heavy atom. The van der Waals surface area contributed by atoms with Crippen LogP contribution in [0.5, 0.6) is 11.6 Å². The molecule has 1 aromatic heterocycles. The Kier molecular flexibility index (Phi) is 5.58. The summed E-state index contributed by atoms with van der Waals surface area (Å²) in [7, 11) is 0. The van der Waals surface area contributed by atoms with Crippen molar-refractivity contribution in [1.29, 1.82) is 0 Å². The van der Waals surface area contributed by atoms with E-state index in [-0.39, 0.29) is 0 Å². The Labute approximate surface area is 133 Å². The first kappa shape index (κ1) is 15.0. The number of hydrogen-bond donors (Lipinski definition) is 1. The van der Waals surface area contributed by atoms with E-state index in [4.69, 9.17) is 4.74 Å². The minimum absolute atomic E-state index is 0.641. The molecule has 1 heterocycles. The molecule has 0 bridgehead atoms. The molecule has 0 fully saturated rings. The summed E-state index contributed by atoms with van der Waals surface area (Å²) in [6.07, 6.45) is 3.46. The van der Waals surface area contributed by atoms with Gasteiger partial charge in [0.25, 0.3) is 0 Å². The fraction of sp³-hybridized carbons (Fsp3) is 0.333. The predicted molar refractivity (Wildman–Crippen MR) is 89.4 cm³/mol. The fourth-order valence-electron chi connectivity index (χ4n) is 1.91. The first-order valence-corrected chi connectivity index (χ1v) is 7.84. The lowest BCUT2D eigenvalue weighted by Gasteiger charge is -2.14. The average molecular weight is 383 g/mol. The third-order valence-electron chi connectivity index (χ3n) is 2.79. The molecule has 2 rings (SSSR count). The second-order valence-electron chi connectivity index (χ2n) is 4.32. The Morgan fingerprint density at radius 1 is 1.20 bits per heavy atom. The molecular formula is C15H18IN3O. The zero-order valence-corrected chi connectivity index (χ0v) is 13.8. The Bertz CT molecular complexity index is 575. The lowest BCUT2D eigenvalue weighted by molar-refractivity contribution is 0.451. The maximum Gasteiger partial charge on any atom is 0.227 e. The second kappa shape index (κ2) is 7.42. The van der Waals surface area contributed by atoms with E-state index in [1.54, 1.807) is 6.33 Å². The summed E-state index contributed by atoms with van der Waals surface area (Å²) in [5, 5.41) is 3.27. The van der Waals surface area contributed by atoms with Crippen molar-refractivity contribution in [3.63, 3.8) is 0 Å². The molecule has 1 N–H and O–H groups in total.